The Morgan fingerprint density at radius 3 is 2.65 bits per heavy atom. The van der Waals surface area contributed by atoms with E-state index < -0.39 is 0 Å². The highest BCUT2D eigenvalue weighted by Gasteiger charge is 2.34. The minimum Gasteiger partial charge on any atom is -0.439 e. The highest BCUT2D eigenvalue weighted by molar-refractivity contribution is 5.94. The lowest BCUT2D eigenvalue weighted by Crippen LogP contribution is -2.55. The maximum atomic E-state index is 12.7. The maximum absolute atomic E-state index is 12.7. The van der Waals surface area contributed by atoms with Crippen molar-refractivity contribution >= 4 is 5.91 Å². The molecule has 1 aromatic carbocycles. The largest absolute Gasteiger partial charge is 0.439 e. The molecule has 0 spiro atoms. The first-order chi connectivity index (χ1) is 11.1. The molecule has 1 aliphatic heterocycles. The van der Waals surface area contributed by atoms with E-state index >= 15 is 0 Å². The summed E-state index contributed by atoms with van der Waals surface area (Å²) in [6.07, 6.45) is 1.56. The Kier molecular flexibility index (Phi) is 4.30. The van der Waals surface area contributed by atoms with Crippen molar-refractivity contribution < 1.29 is 14.3 Å². The van der Waals surface area contributed by atoms with Gasteiger partial charge >= 0.3 is 0 Å². The lowest BCUT2D eigenvalue weighted by Gasteiger charge is -2.42. The molecule has 0 saturated carbocycles. The average molecular weight is 312 g/mol. The van der Waals surface area contributed by atoms with Gasteiger partial charge in [0.25, 0.3) is 5.91 Å². The Morgan fingerprint density at radius 1 is 1.22 bits per heavy atom. The van der Waals surface area contributed by atoms with Crippen molar-refractivity contribution in [3.63, 3.8) is 0 Å². The van der Waals surface area contributed by atoms with Gasteiger partial charge in [-0.2, -0.15) is 0 Å². The number of hydrogen-bond acceptors (Lipinski definition) is 4. The smallest absolute Gasteiger partial charge is 0.256 e. The van der Waals surface area contributed by atoms with Crippen molar-refractivity contribution in [2.75, 3.05) is 19.8 Å². The Hall–Kier alpha value is -2.40. The number of carbonyl (C=O) groups excluding carboxylic acids is 1. The van der Waals surface area contributed by atoms with Gasteiger partial charge in [0.1, 0.15) is 5.75 Å². The van der Waals surface area contributed by atoms with E-state index in [0.29, 0.717) is 37.0 Å². The van der Waals surface area contributed by atoms with Gasteiger partial charge in [0, 0.05) is 18.8 Å². The molecule has 0 radical (unpaired) electrons. The first kappa shape index (κ1) is 15.5. The van der Waals surface area contributed by atoms with Gasteiger partial charge in [-0.25, -0.2) is 4.98 Å². The fourth-order valence-corrected chi connectivity index (χ4v) is 2.57. The summed E-state index contributed by atoms with van der Waals surface area (Å²) in [5.74, 6) is 1.15. The second-order valence-electron chi connectivity index (χ2n) is 6.12. The number of morpholine rings is 1. The molecule has 1 saturated heterocycles. The Labute approximate surface area is 135 Å². The van der Waals surface area contributed by atoms with Crippen LogP contribution < -0.4 is 4.74 Å². The number of benzene rings is 1. The molecule has 0 N–H and O–H groups in total. The molecule has 5 nitrogen and oxygen atoms in total. The summed E-state index contributed by atoms with van der Waals surface area (Å²) < 4.78 is 11.1. The monoisotopic (exact) mass is 312 g/mol. The van der Waals surface area contributed by atoms with Crippen LogP contribution in [0.5, 0.6) is 11.6 Å². The summed E-state index contributed by atoms with van der Waals surface area (Å²) in [5, 5.41) is 0. The summed E-state index contributed by atoms with van der Waals surface area (Å²) in [7, 11) is 0. The zero-order valence-corrected chi connectivity index (χ0v) is 13.4. The van der Waals surface area contributed by atoms with E-state index in [2.05, 4.69) is 4.98 Å². The van der Waals surface area contributed by atoms with Crippen LogP contribution in [0, 0.1) is 0 Å². The summed E-state index contributed by atoms with van der Waals surface area (Å²) in [6.45, 7) is 5.71. The lowest BCUT2D eigenvalue weighted by molar-refractivity contribution is -0.0370. The Balaban J connectivity index is 1.73. The van der Waals surface area contributed by atoms with Crippen molar-refractivity contribution in [2.45, 2.75) is 19.4 Å². The van der Waals surface area contributed by atoms with E-state index in [1.165, 1.54) is 0 Å². The first-order valence-electron chi connectivity index (χ1n) is 7.65. The zero-order valence-electron chi connectivity index (χ0n) is 13.4. The van der Waals surface area contributed by atoms with Crippen LogP contribution in [0.2, 0.25) is 0 Å². The third-order valence-electron chi connectivity index (χ3n) is 3.84. The van der Waals surface area contributed by atoms with Gasteiger partial charge in [0.15, 0.2) is 0 Å². The van der Waals surface area contributed by atoms with Crippen LogP contribution >= 0.6 is 0 Å². The standard InChI is InChI=1S/C18H20N2O3/c1-18(2)13-22-11-10-20(18)17(21)14-8-9-16(19-12-14)23-15-6-4-3-5-7-15/h3-9,12H,10-11,13H2,1-2H3. The minimum absolute atomic E-state index is 0.0305. The molecule has 0 unspecified atom stereocenters. The molecular formula is C18H20N2O3. The predicted molar refractivity (Wildman–Crippen MR) is 86.7 cm³/mol. The van der Waals surface area contributed by atoms with E-state index in [4.69, 9.17) is 9.47 Å². The number of aromatic nitrogens is 1. The fourth-order valence-electron chi connectivity index (χ4n) is 2.57. The normalized spacial score (nSPS) is 16.9. The lowest BCUT2D eigenvalue weighted by atomic mass is 10.0. The van der Waals surface area contributed by atoms with E-state index in [1.54, 1.807) is 18.3 Å². The highest BCUT2D eigenvalue weighted by Crippen LogP contribution is 2.23. The molecule has 23 heavy (non-hydrogen) atoms. The predicted octanol–water partition coefficient (Wildman–Crippen LogP) is 3.12. The number of nitrogens with zero attached hydrogens (tertiary/aromatic N) is 2. The Bertz CT molecular complexity index is 668. The number of ether oxygens (including phenoxy) is 2. The summed E-state index contributed by atoms with van der Waals surface area (Å²) >= 11 is 0. The van der Waals surface area contributed by atoms with Gasteiger partial charge in [-0.1, -0.05) is 18.2 Å². The molecule has 1 amide bonds. The van der Waals surface area contributed by atoms with Crippen molar-refractivity contribution in [2.24, 2.45) is 0 Å². The topological polar surface area (TPSA) is 51.7 Å². The number of rotatable bonds is 3. The van der Waals surface area contributed by atoms with Crippen molar-refractivity contribution in [3.05, 3.63) is 54.2 Å². The van der Waals surface area contributed by atoms with Gasteiger partial charge in [0.2, 0.25) is 5.88 Å². The van der Waals surface area contributed by atoms with E-state index in [9.17, 15) is 4.79 Å². The third kappa shape index (κ3) is 3.51. The van der Waals surface area contributed by atoms with Crippen LogP contribution in [0.15, 0.2) is 48.7 Å². The molecular weight excluding hydrogens is 292 g/mol. The van der Waals surface area contributed by atoms with E-state index in [1.807, 2.05) is 49.1 Å². The zero-order chi connectivity index (χ0) is 16.3. The SMILES string of the molecule is CC1(C)COCCN1C(=O)c1ccc(Oc2ccccc2)nc1. The van der Waals surface area contributed by atoms with Crippen molar-refractivity contribution in [3.8, 4) is 11.6 Å². The molecule has 0 bridgehead atoms. The summed E-state index contributed by atoms with van der Waals surface area (Å²) in [6, 6.07) is 12.9. The van der Waals surface area contributed by atoms with Gasteiger partial charge < -0.3 is 14.4 Å². The molecule has 0 atom stereocenters. The summed E-state index contributed by atoms with van der Waals surface area (Å²) in [4.78, 5) is 18.7. The van der Waals surface area contributed by atoms with Gasteiger partial charge in [-0.15, -0.1) is 0 Å². The molecule has 2 aromatic rings. The molecule has 2 heterocycles. The van der Waals surface area contributed by atoms with Gasteiger partial charge in [0.05, 0.1) is 24.3 Å². The number of para-hydroxylation sites is 1. The summed E-state index contributed by atoms with van der Waals surface area (Å²) in [5.41, 5.74) is 0.245. The van der Waals surface area contributed by atoms with Crippen LogP contribution in [0.25, 0.3) is 0 Å². The molecule has 0 aliphatic carbocycles. The van der Waals surface area contributed by atoms with Crippen molar-refractivity contribution in [1.82, 2.24) is 9.88 Å². The van der Waals surface area contributed by atoms with Gasteiger partial charge in [-0.3, -0.25) is 4.79 Å². The number of amides is 1. The number of pyridine rings is 1. The van der Waals surface area contributed by atoms with Crippen LogP contribution in [-0.4, -0.2) is 41.1 Å². The molecule has 120 valence electrons. The quantitative estimate of drug-likeness (QED) is 0.874. The maximum Gasteiger partial charge on any atom is 0.256 e. The van der Waals surface area contributed by atoms with Crippen molar-refractivity contribution in [1.29, 1.82) is 0 Å². The van der Waals surface area contributed by atoms with Crippen LogP contribution in [-0.2, 0) is 4.74 Å². The van der Waals surface area contributed by atoms with E-state index in [0.717, 1.165) is 0 Å². The minimum atomic E-state index is -0.311. The molecule has 5 heteroatoms. The molecule has 1 fully saturated rings. The molecule has 1 aromatic heterocycles. The highest BCUT2D eigenvalue weighted by atomic mass is 16.5. The average Bonchev–Trinajstić information content (AvgIpc) is 2.55. The Morgan fingerprint density at radius 2 is 2.00 bits per heavy atom. The fraction of sp³-hybridized carbons (Fsp3) is 0.333. The number of carbonyl (C=O) groups is 1. The van der Waals surface area contributed by atoms with Crippen LogP contribution in [0.4, 0.5) is 0 Å². The second kappa shape index (κ2) is 6.38. The first-order valence-corrected chi connectivity index (χ1v) is 7.65. The van der Waals surface area contributed by atoms with Crippen LogP contribution in [0.1, 0.15) is 24.2 Å². The number of hydrogen-bond donors (Lipinski definition) is 0. The van der Waals surface area contributed by atoms with Crippen LogP contribution in [0.3, 0.4) is 0 Å². The second-order valence-corrected chi connectivity index (χ2v) is 6.12. The van der Waals surface area contributed by atoms with E-state index in [-0.39, 0.29) is 11.4 Å². The van der Waals surface area contributed by atoms with Gasteiger partial charge in [-0.05, 0) is 32.0 Å². The molecule has 1 aliphatic rings. The molecule has 3 rings (SSSR count). The third-order valence-corrected chi connectivity index (χ3v) is 3.84.